The highest BCUT2D eigenvalue weighted by molar-refractivity contribution is 7.89. The zero-order valence-electron chi connectivity index (χ0n) is 18.2. The van der Waals surface area contributed by atoms with Crippen LogP contribution in [-0.4, -0.2) is 48.6 Å². The van der Waals surface area contributed by atoms with E-state index in [2.05, 4.69) is 0 Å². The van der Waals surface area contributed by atoms with E-state index >= 15 is 0 Å². The number of Topliss-reactive ketones (excluding diaryl/α,β-unsaturated/α-hetero) is 1. The summed E-state index contributed by atoms with van der Waals surface area (Å²) >= 11 is 12.0. The van der Waals surface area contributed by atoms with Crippen molar-refractivity contribution in [3.63, 3.8) is 0 Å². The highest BCUT2D eigenvalue weighted by atomic mass is 35.5. The molecule has 2 atom stereocenters. The maximum absolute atomic E-state index is 13.7. The summed E-state index contributed by atoms with van der Waals surface area (Å²) in [7, 11) is -3.01. The lowest BCUT2D eigenvalue weighted by Gasteiger charge is -2.30. The van der Waals surface area contributed by atoms with Gasteiger partial charge < -0.3 is 9.84 Å². The second-order valence-corrected chi connectivity index (χ2v) is 10.6. The van der Waals surface area contributed by atoms with E-state index in [-0.39, 0.29) is 30.6 Å². The van der Waals surface area contributed by atoms with Gasteiger partial charge >= 0.3 is 5.97 Å². The van der Waals surface area contributed by atoms with E-state index in [0.29, 0.717) is 25.7 Å². The van der Waals surface area contributed by atoms with Gasteiger partial charge in [-0.15, -0.1) is 0 Å². The molecule has 0 aliphatic carbocycles. The predicted molar refractivity (Wildman–Crippen MR) is 126 cm³/mol. The molecule has 34 heavy (non-hydrogen) atoms. The number of amides is 1. The van der Waals surface area contributed by atoms with Crippen molar-refractivity contribution < 1.29 is 32.6 Å². The molecule has 0 bridgehead atoms. The van der Waals surface area contributed by atoms with Crippen LogP contribution in [0.15, 0.2) is 47.4 Å². The number of sulfonamides is 1. The van der Waals surface area contributed by atoms with E-state index in [0.717, 1.165) is 0 Å². The number of carboxylic acid groups (broad SMARTS) is 1. The molecule has 2 aromatic carbocycles. The van der Waals surface area contributed by atoms with Gasteiger partial charge in [0.1, 0.15) is 11.8 Å². The van der Waals surface area contributed by atoms with Gasteiger partial charge in [-0.25, -0.2) is 12.7 Å². The Labute approximate surface area is 207 Å². The van der Waals surface area contributed by atoms with Gasteiger partial charge in [-0.1, -0.05) is 23.2 Å². The van der Waals surface area contributed by atoms with Crippen LogP contribution in [0.25, 0.3) is 0 Å². The third-order valence-electron chi connectivity index (χ3n) is 5.67. The molecule has 1 N–H and O–H groups in total. The molecule has 1 aliphatic heterocycles. The Hall–Kier alpha value is -2.62. The standard InChI is InChI=1S/C23H23Cl2NO7S/c1-33-21-10-5-17(25)13-15(21)12-14-2-9-20(27)19(8-11-22(28)29)26(23(14)30)34(31,32)18-6-3-16(24)4-7-18/h3-7,10,13-14,19H,2,8-9,11-12H2,1H3,(H,28,29)/t14-,19-/m1/s1. The summed E-state index contributed by atoms with van der Waals surface area (Å²) in [5.41, 5.74) is 0.591. The topological polar surface area (TPSA) is 118 Å². The van der Waals surface area contributed by atoms with Crippen LogP contribution in [0.3, 0.4) is 0 Å². The largest absolute Gasteiger partial charge is 0.496 e. The number of nitrogens with zero attached hydrogens (tertiary/aromatic N) is 1. The van der Waals surface area contributed by atoms with Gasteiger partial charge in [0.15, 0.2) is 5.78 Å². The average molecular weight is 528 g/mol. The van der Waals surface area contributed by atoms with Crippen LogP contribution in [0.1, 0.15) is 31.2 Å². The third kappa shape index (κ3) is 5.71. The molecule has 0 spiro atoms. The quantitative estimate of drug-likeness (QED) is 0.551. The van der Waals surface area contributed by atoms with Crippen LogP contribution >= 0.6 is 23.2 Å². The summed E-state index contributed by atoms with van der Waals surface area (Å²) in [6.45, 7) is 0. The number of rotatable bonds is 8. The van der Waals surface area contributed by atoms with Crippen LogP contribution in [0.2, 0.25) is 10.0 Å². The Kier molecular flexibility index (Phi) is 8.22. The van der Waals surface area contributed by atoms with Crippen LogP contribution < -0.4 is 4.74 Å². The van der Waals surface area contributed by atoms with Crippen molar-refractivity contribution in [2.45, 2.75) is 43.0 Å². The number of aliphatic carboxylic acids is 1. The monoisotopic (exact) mass is 527 g/mol. The number of hydrogen-bond acceptors (Lipinski definition) is 6. The van der Waals surface area contributed by atoms with Crippen molar-refractivity contribution in [2.24, 2.45) is 5.92 Å². The molecular weight excluding hydrogens is 505 g/mol. The van der Waals surface area contributed by atoms with Gasteiger partial charge in [0.05, 0.1) is 12.0 Å². The van der Waals surface area contributed by atoms with Crippen molar-refractivity contribution in [1.82, 2.24) is 4.31 Å². The molecule has 3 rings (SSSR count). The van der Waals surface area contributed by atoms with Crippen molar-refractivity contribution in [1.29, 1.82) is 0 Å². The Balaban J connectivity index is 2.06. The fraction of sp³-hybridized carbons (Fsp3) is 0.348. The van der Waals surface area contributed by atoms with E-state index in [1.807, 2.05) is 0 Å². The Morgan fingerprint density at radius 2 is 1.76 bits per heavy atom. The number of benzene rings is 2. The van der Waals surface area contributed by atoms with Gasteiger partial charge in [0.2, 0.25) is 5.91 Å². The summed E-state index contributed by atoms with van der Waals surface area (Å²) in [6.07, 6.45) is -0.670. The fourth-order valence-electron chi connectivity index (χ4n) is 3.98. The molecule has 2 aromatic rings. The van der Waals surface area contributed by atoms with E-state index in [4.69, 9.17) is 33.0 Å². The number of carbonyl (C=O) groups is 3. The highest BCUT2D eigenvalue weighted by Gasteiger charge is 2.44. The summed E-state index contributed by atoms with van der Waals surface area (Å²) < 4.78 is 33.0. The molecule has 1 amide bonds. The lowest BCUT2D eigenvalue weighted by molar-refractivity contribution is -0.139. The first kappa shape index (κ1) is 26.0. The molecule has 0 unspecified atom stereocenters. The van der Waals surface area contributed by atoms with Gasteiger partial charge in [0, 0.05) is 28.8 Å². The normalized spacial score (nSPS) is 19.1. The van der Waals surface area contributed by atoms with Crippen LogP contribution in [0, 0.1) is 5.92 Å². The van der Waals surface area contributed by atoms with E-state index in [1.165, 1.54) is 31.4 Å². The minimum atomic E-state index is -4.48. The molecule has 1 fully saturated rings. The fourth-order valence-corrected chi connectivity index (χ4v) is 5.95. The Morgan fingerprint density at radius 3 is 2.38 bits per heavy atom. The highest BCUT2D eigenvalue weighted by Crippen LogP contribution is 2.33. The van der Waals surface area contributed by atoms with Crippen LogP contribution in [0.4, 0.5) is 0 Å². The summed E-state index contributed by atoms with van der Waals surface area (Å²) in [4.78, 5) is 37.6. The van der Waals surface area contributed by atoms with Crippen LogP contribution in [0.5, 0.6) is 5.75 Å². The maximum Gasteiger partial charge on any atom is 0.303 e. The Bertz CT molecular complexity index is 1200. The first-order valence-electron chi connectivity index (χ1n) is 10.5. The van der Waals surface area contributed by atoms with Gasteiger partial charge in [-0.05, 0) is 67.3 Å². The first-order valence-corrected chi connectivity index (χ1v) is 12.6. The lowest BCUT2D eigenvalue weighted by atomic mass is 9.93. The van der Waals surface area contributed by atoms with Gasteiger partial charge in [-0.3, -0.25) is 14.4 Å². The molecule has 1 heterocycles. The van der Waals surface area contributed by atoms with Gasteiger partial charge in [0.25, 0.3) is 10.0 Å². The van der Waals surface area contributed by atoms with E-state index < -0.39 is 46.1 Å². The number of methoxy groups -OCH3 is 1. The summed E-state index contributed by atoms with van der Waals surface area (Å²) in [5.74, 6) is -2.88. The second kappa shape index (κ2) is 10.8. The predicted octanol–water partition coefficient (Wildman–Crippen LogP) is 3.97. The molecular formula is C23H23Cl2NO7S. The van der Waals surface area contributed by atoms with Crippen LogP contribution in [-0.2, 0) is 30.8 Å². The average Bonchev–Trinajstić information content (AvgIpc) is 2.89. The molecule has 0 saturated carbocycles. The molecule has 0 aromatic heterocycles. The molecule has 1 saturated heterocycles. The minimum Gasteiger partial charge on any atom is -0.496 e. The van der Waals surface area contributed by atoms with Gasteiger partial charge in [-0.2, -0.15) is 0 Å². The number of ether oxygens (including phenoxy) is 1. The van der Waals surface area contributed by atoms with Crippen molar-refractivity contribution in [3.05, 3.63) is 58.1 Å². The lowest BCUT2D eigenvalue weighted by Crippen LogP contribution is -2.49. The van der Waals surface area contributed by atoms with Crippen molar-refractivity contribution in [3.8, 4) is 5.75 Å². The maximum atomic E-state index is 13.7. The Morgan fingerprint density at radius 1 is 1.12 bits per heavy atom. The number of halogens is 2. The third-order valence-corrected chi connectivity index (χ3v) is 7.98. The molecule has 182 valence electrons. The smallest absolute Gasteiger partial charge is 0.303 e. The summed E-state index contributed by atoms with van der Waals surface area (Å²) in [5, 5.41) is 9.84. The molecule has 0 radical (unpaired) electrons. The second-order valence-electron chi connectivity index (χ2n) is 7.90. The number of hydrogen-bond donors (Lipinski definition) is 1. The SMILES string of the molecule is COc1ccc(Cl)cc1C[C@H]1CCC(=O)[C@@H](CCC(=O)O)N(S(=O)(=O)c2ccc(Cl)cc2)C1=O. The molecule has 11 heteroatoms. The molecule has 8 nitrogen and oxygen atoms in total. The number of carbonyl (C=O) groups excluding carboxylic acids is 2. The number of ketones is 1. The summed E-state index contributed by atoms with van der Waals surface area (Å²) in [6, 6.07) is 8.67. The zero-order chi connectivity index (χ0) is 25.0. The minimum absolute atomic E-state index is 0.0732. The van der Waals surface area contributed by atoms with E-state index in [1.54, 1.807) is 18.2 Å². The first-order chi connectivity index (χ1) is 16.0. The van der Waals surface area contributed by atoms with E-state index in [9.17, 15) is 22.8 Å². The zero-order valence-corrected chi connectivity index (χ0v) is 20.6. The number of carboxylic acids is 1. The van der Waals surface area contributed by atoms with Crippen molar-refractivity contribution >= 4 is 50.9 Å². The molecule has 1 aliphatic rings. The van der Waals surface area contributed by atoms with Crippen molar-refractivity contribution in [2.75, 3.05) is 7.11 Å².